The zero-order valence-electron chi connectivity index (χ0n) is 8.74. The van der Waals surface area contributed by atoms with Gasteiger partial charge in [0.05, 0.1) is 0 Å². The number of hydrogen-bond acceptors (Lipinski definition) is 0. The number of hydrogen-bond donors (Lipinski definition) is 0. The van der Waals surface area contributed by atoms with Crippen LogP contribution in [0, 0.1) is 0 Å². The van der Waals surface area contributed by atoms with Gasteiger partial charge in [0.1, 0.15) is 0 Å². The Bertz CT molecular complexity index is 76.9. The van der Waals surface area contributed by atoms with E-state index in [-0.39, 0.29) is 0 Å². The Morgan fingerprint density at radius 3 is 1.45 bits per heavy atom. The molecule has 0 spiro atoms. The van der Waals surface area contributed by atoms with Crippen LogP contribution >= 0.6 is 0 Å². The molecule has 0 atom stereocenters. The molecule has 0 radical (unpaired) electrons. The van der Waals surface area contributed by atoms with Gasteiger partial charge in [0, 0.05) is 0 Å². The summed E-state index contributed by atoms with van der Waals surface area (Å²) in [6.07, 6.45) is 5.75. The molecule has 0 saturated heterocycles. The van der Waals surface area contributed by atoms with Crippen molar-refractivity contribution in [1.82, 2.24) is 0 Å². The van der Waals surface area contributed by atoms with Crippen LogP contribution in [0.15, 0.2) is 0 Å². The Morgan fingerprint density at radius 2 is 1.18 bits per heavy atom. The molecular formula is C10H24Ti. The van der Waals surface area contributed by atoms with Crippen LogP contribution in [0.4, 0.5) is 0 Å². The van der Waals surface area contributed by atoms with Gasteiger partial charge >= 0.3 is 76.0 Å². The molecule has 0 aromatic heterocycles. The summed E-state index contributed by atoms with van der Waals surface area (Å²) in [6, 6.07) is 0. The molecule has 1 heteroatoms. The molecule has 0 N–H and O–H groups in total. The van der Waals surface area contributed by atoms with Crippen molar-refractivity contribution in [1.29, 1.82) is 0 Å². The maximum atomic E-state index is 2.59. The topological polar surface area (TPSA) is 0 Å². The van der Waals surface area contributed by atoms with Gasteiger partial charge in [0.15, 0.2) is 0 Å². The van der Waals surface area contributed by atoms with E-state index in [9.17, 15) is 0 Å². The molecule has 0 heterocycles. The van der Waals surface area contributed by atoms with Gasteiger partial charge < -0.3 is 0 Å². The van der Waals surface area contributed by atoms with Crippen LogP contribution in [-0.4, -0.2) is 0 Å². The molecule has 0 aromatic rings. The summed E-state index contributed by atoms with van der Waals surface area (Å²) in [5, 5.41) is 5.18. The average molecular weight is 192 g/mol. The summed E-state index contributed by atoms with van der Waals surface area (Å²) in [4.78, 5) is 0. The molecule has 0 saturated carbocycles. The van der Waals surface area contributed by atoms with E-state index < -0.39 is 16.6 Å². The van der Waals surface area contributed by atoms with Crippen molar-refractivity contribution in [3.05, 3.63) is 0 Å². The fourth-order valence-electron chi connectivity index (χ4n) is 1.44. The van der Waals surface area contributed by atoms with Crippen LogP contribution in [0.2, 0.25) is 19.9 Å². The fraction of sp³-hybridized carbons (Fsp3) is 1.00. The second-order valence-corrected chi connectivity index (χ2v) is 12.7. The van der Waals surface area contributed by atoms with Gasteiger partial charge in [-0.1, -0.05) is 0 Å². The zero-order chi connectivity index (χ0) is 8.74. The first-order valence-electron chi connectivity index (χ1n) is 5.12. The van der Waals surface area contributed by atoms with E-state index in [1.54, 1.807) is 9.45 Å². The van der Waals surface area contributed by atoms with Gasteiger partial charge in [-0.3, -0.25) is 0 Å². The van der Waals surface area contributed by atoms with Crippen LogP contribution in [0.25, 0.3) is 0 Å². The quantitative estimate of drug-likeness (QED) is 0.536. The molecule has 0 amide bonds. The SMILES string of the molecule is CCC[CH2][Ti]([CH3])([CH3])[CH2]CCC. The summed E-state index contributed by atoms with van der Waals surface area (Å²) in [5.74, 6) is 0. The van der Waals surface area contributed by atoms with Gasteiger partial charge in [0.25, 0.3) is 0 Å². The fourth-order valence-corrected chi connectivity index (χ4v) is 5.92. The van der Waals surface area contributed by atoms with Crippen molar-refractivity contribution >= 4 is 0 Å². The third-order valence-electron chi connectivity index (χ3n) is 2.41. The van der Waals surface area contributed by atoms with Crippen molar-refractivity contribution in [2.45, 2.75) is 59.4 Å². The van der Waals surface area contributed by atoms with Gasteiger partial charge in [-0.2, -0.15) is 0 Å². The second kappa shape index (κ2) is 6.25. The summed E-state index contributed by atoms with van der Waals surface area (Å²) in [6.45, 7) is 4.61. The van der Waals surface area contributed by atoms with Crippen molar-refractivity contribution in [2.75, 3.05) is 0 Å². The molecule has 0 aliphatic heterocycles. The molecule has 0 aromatic carbocycles. The van der Waals surface area contributed by atoms with Crippen molar-refractivity contribution < 1.29 is 16.6 Å². The molecule has 68 valence electrons. The summed E-state index contributed by atoms with van der Waals surface area (Å²) < 4.78 is 3.19. The van der Waals surface area contributed by atoms with Crippen LogP contribution < -0.4 is 0 Å². The average Bonchev–Trinajstić information content (AvgIpc) is 1.97. The number of unbranched alkanes of at least 4 members (excludes halogenated alkanes) is 2. The molecule has 0 aliphatic carbocycles. The molecule has 0 aliphatic rings. The van der Waals surface area contributed by atoms with Gasteiger partial charge in [-0.05, 0) is 0 Å². The molecule has 11 heavy (non-hydrogen) atoms. The Balaban J connectivity index is 3.43. The van der Waals surface area contributed by atoms with Crippen LogP contribution in [0.3, 0.4) is 0 Å². The summed E-state index contributed by atoms with van der Waals surface area (Å²) in [7, 11) is 0. The number of rotatable bonds is 6. The first kappa shape index (κ1) is 11.7. The van der Waals surface area contributed by atoms with Crippen molar-refractivity contribution in [3.8, 4) is 0 Å². The molecular weight excluding hydrogens is 168 g/mol. The maximum absolute atomic E-state index is 2.59. The van der Waals surface area contributed by atoms with Gasteiger partial charge in [-0.25, -0.2) is 0 Å². The summed E-state index contributed by atoms with van der Waals surface area (Å²) in [5.41, 5.74) is 0. The molecule has 0 unspecified atom stereocenters. The van der Waals surface area contributed by atoms with Gasteiger partial charge in [-0.15, -0.1) is 0 Å². The Kier molecular flexibility index (Phi) is 6.66. The minimum atomic E-state index is -1.22. The predicted octanol–water partition coefficient (Wildman–Crippen LogP) is 4.67. The summed E-state index contributed by atoms with van der Waals surface area (Å²) >= 11 is -1.22. The van der Waals surface area contributed by atoms with E-state index in [4.69, 9.17) is 0 Å². The molecule has 0 nitrogen and oxygen atoms in total. The van der Waals surface area contributed by atoms with Crippen molar-refractivity contribution in [2.24, 2.45) is 0 Å². The van der Waals surface area contributed by atoms with Gasteiger partial charge in [0.2, 0.25) is 0 Å². The van der Waals surface area contributed by atoms with Crippen molar-refractivity contribution in [3.63, 3.8) is 0 Å². The molecule has 0 bridgehead atoms. The predicted molar refractivity (Wildman–Crippen MR) is 51.2 cm³/mol. The van der Waals surface area contributed by atoms with E-state index in [0.717, 1.165) is 0 Å². The monoisotopic (exact) mass is 192 g/mol. The third kappa shape index (κ3) is 7.09. The zero-order valence-corrected chi connectivity index (χ0v) is 10.3. The third-order valence-corrected chi connectivity index (χ3v) is 7.75. The molecule has 0 fully saturated rings. The van der Waals surface area contributed by atoms with Crippen LogP contribution in [0.1, 0.15) is 39.5 Å². The van der Waals surface area contributed by atoms with E-state index in [0.29, 0.717) is 0 Å². The van der Waals surface area contributed by atoms with E-state index in [1.165, 1.54) is 25.7 Å². The normalized spacial score (nSPS) is 12.0. The Hall–Kier alpha value is 0.714. The standard InChI is InChI=1S/2C4H9.2CH3.Ti/c2*1-3-4-2;;;/h2*1,3-4H2,2H3;2*1H3;. The molecule has 0 rings (SSSR count). The van der Waals surface area contributed by atoms with Crippen LogP contribution in [-0.2, 0) is 16.6 Å². The van der Waals surface area contributed by atoms with Crippen LogP contribution in [0.5, 0.6) is 0 Å². The van der Waals surface area contributed by atoms with E-state index in [1.807, 2.05) is 0 Å². The minimum absolute atomic E-state index is 1.22. The van der Waals surface area contributed by atoms with E-state index >= 15 is 0 Å². The Labute approximate surface area is 76.1 Å². The Morgan fingerprint density at radius 1 is 0.818 bits per heavy atom. The van der Waals surface area contributed by atoms with E-state index in [2.05, 4.69) is 24.3 Å². The first-order valence-corrected chi connectivity index (χ1v) is 10.5. The first-order chi connectivity index (χ1) is 5.12. The second-order valence-electron chi connectivity index (χ2n) is 4.37.